The molecule has 0 saturated carbocycles. The van der Waals surface area contributed by atoms with Gasteiger partial charge in [-0.05, 0) is 18.6 Å². The summed E-state index contributed by atoms with van der Waals surface area (Å²) < 4.78 is 39.9. The van der Waals surface area contributed by atoms with Gasteiger partial charge in [0.2, 0.25) is 10.0 Å². The third-order valence-corrected chi connectivity index (χ3v) is 4.98. The van der Waals surface area contributed by atoms with E-state index in [9.17, 15) is 12.8 Å². The van der Waals surface area contributed by atoms with Crippen LogP contribution in [-0.2, 0) is 10.0 Å². The number of nitrogens with two attached hydrogens (primary N) is 1. The lowest BCUT2D eigenvalue weighted by Crippen LogP contribution is -2.34. The Labute approximate surface area is 123 Å². The zero-order valence-corrected chi connectivity index (χ0v) is 12.7. The predicted octanol–water partition coefficient (Wildman–Crippen LogP) is 0.853. The van der Waals surface area contributed by atoms with Crippen LogP contribution in [0.2, 0.25) is 0 Å². The summed E-state index contributed by atoms with van der Waals surface area (Å²) in [4.78, 5) is -0.551. The van der Waals surface area contributed by atoms with Gasteiger partial charge in [0, 0.05) is 19.7 Å². The van der Waals surface area contributed by atoms with E-state index in [1.165, 1.54) is 12.1 Å². The SMILES string of the molecule is CCN(CCCO)S(=O)(=O)c1cccc(F)c1C(N)=S. The van der Waals surface area contributed by atoms with Crippen molar-refractivity contribution in [1.29, 1.82) is 0 Å². The predicted molar refractivity (Wildman–Crippen MR) is 78.4 cm³/mol. The molecule has 0 aromatic heterocycles. The molecule has 0 aliphatic rings. The minimum Gasteiger partial charge on any atom is -0.396 e. The molecule has 0 aliphatic carbocycles. The Bertz CT molecular complexity index is 590. The van der Waals surface area contributed by atoms with Crippen LogP contribution in [0.1, 0.15) is 18.9 Å². The van der Waals surface area contributed by atoms with E-state index < -0.39 is 15.8 Å². The van der Waals surface area contributed by atoms with Gasteiger partial charge in [-0.3, -0.25) is 0 Å². The molecule has 0 heterocycles. The molecule has 0 aliphatic heterocycles. The first kappa shape index (κ1) is 17.0. The van der Waals surface area contributed by atoms with Crippen LogP contribution in [0.15, 0.2) is 23.1 Å². The van der Waals surface area contributed by atoms with Crippen LogP contribution in [0.3, 0.4) is 0 Å². The van der Waals surface area contributed by atoms with E-state index in [0.717, 1.165) is 10.4 Å². The molecule has 5 nitrogen and oxygen atoms in total. The van der Waals surface area contributed by atoms with Crippen molar-refractivity contribution in [3.05, 3.63) is 29.6 Å². The van der Waals surface area contributed by atoms with Crippen molar-refractivity contribution in [1.82, 2.24) is 4.31 Å². The first-order valence-corrected chi connectivity index (χ1v) is 7.90. The second kappa shape index (κ2) is 7.07. The molecule has 0 unspecified atom stereocenters. The number of nitrogens with zero attached hydrogens (tertiary/aromatic N) is 1. The molecule has 0 spiro atoms. The van der Waals surface area contributed by atoms with Crippen molar-refractivity contribution in [2.75, 3.05) is 19.7 Å². The Balaban J connectivity index is 3.34. The monoisotopic (exact) mass is 320 g/mol. The summed E-state index contributed by atoms with van der Waals surface area (Å²) in [7, 11) is -3.91. The average Bonchev–Trinajstić information content (AvgIpc) is 2.38. The van der Waals surface area contributed by atoms with Gasteiger partial charge in [0.15, 0.2) is 0 Å². The normalized spacial score (nSPS) is 11.8. The fourth-order valence-electron chi connectivity index (χ4n) is 1.79. The molecule has 0 amide bonds. The molecular weight excluding hydrogens is 303 g/mol. The van der Waals surface area contributed by atoms with Gasteiger partial charge in [-0.2, -0.15) is 4.31 Å². The first-order chi connectivity index (χ1) is 9.36. The fourth-order valence-corrected chi connectivity index (χ4v) is 3.77. The van der Waals surface area contributed by atoms with Gasteiger partial charge in [0.25, 0.3) is 0 Å². The minimum absolute atomic E-state index is 0.128. The standard InChI is InChI=1S/C12H17FN2O3S2/c1-2-15(7-4-8-16)20(17,18)10-6-3-5-9(13)11(10)12(14)19/h3,5-6,16H,2,4,7-8H2,1H3,(H2,14,19). The highest BCUT2D eigenvalue weighted by Gasteiger charge is 2.27. The van der Waals surface area contributed by atoms with E-state index in [2.05, 4.69) is 0 Å². The van der Waals surface area contributed by atoms with Crippen LogP contribution < -0.4 is 5.73 Å². The highest BCUT2D eigenvalue weighted by molar-refractivity contribution is 7.89. The lowest BCUT2D eigenvalue weighted by Gasteiger charge is -2.21. The van der Waals surface area contributed by atoms with Crippen LogP contribution in [-0.4, -0.2) is 42.5 Å². The maximum Gasteiger partial charge on any atom is 0.243 e. The van der Waals surface area contributed by atoms with E-state index in [1.54, 1.807) is 6.92 Å². The number of halogens is 1. The molecule has 0 fully saturated rings. The maximum atomic E-state index is 13.8. The van der Waals surface area contributed by atoms with Gasteiger partial charge in [0.05, 0.1) is 10.5 Å². The highest BCUT2D eigenvalue weighted by Crippen LogP contribution is 2.22. The topological polar surface area (TPSA) is 83.6 Å². The fraction of sp³-hybridized carbons (Fsp3) is 0.417. The van der Waals surface area contributed by atoms with E-state index in [-0.39, 0.29) is 35.1 Å². The van der Waals surface area contributed by atoms with Crippen LogP contribution in [0.4, 0.5) is 4.39 Å². The van der Waals surface area contributed by atoms with Crippen LogP contribution >= 0.6 is 12.2 Å². The minimum atomic E-state index is -3.91. The van der Waals surface area contributed by atoms with Gasteiger partial charge < -0.3 is 10.8 Å². The third-order valence-electron chi connectivity index (χ3n) is 2.76. The number of hydrogen-bond donors (Lipinski definition) is 2. The third kappa shape index (κ3) is 3.51. The summed E-state index contributed by atoms with van der Waals surface area (Å²) in [5.41, 5.74) is 5.15. The van der Waals surface area contributed by atoms with Gasteiger partial charge in [0.1, 0.15) is 10.8 Å². The summed E-state index contributed by atoms with van der Waals surface area (Å²) in [6, 6.07) is 3.68. The molecule has 112 valence electrons. The Kier molecular flexibility index (Phi) is 6.00. The molecule has 1 aromatic rings. The van der Waals surface area contributed by atoms with Crippen LogP contribution in [0, 0.1) is 5.82 Å². The van der Waals surface area contributed by atoms with Gasteiger partial charge >= 0.3 is 0 Å². The number of thiocarbonyl (C=S) groups is 1. The Hall–Kier alpha value is -1.09. The number of aliphatic hydroxyl groups is 1. The molecular formula is C12H17FN2O3S2. The molecule has 8 heteroatoms. The van der Waals surface area contributed by atoms with Crippen molar-refractivity contribution in [3.63, 3.8) is 0 Å². The molecule has 1 aromatic carbocycles. The summed E-state index contributed by atoms with van der Waals surface area (Å²) in [6.07, 6.45) is 0.296. The van der Waals surface area contributed by atoms with Crippen molar-refractivity contribution in [2.24, 2.45) is 5.73 Å². The van der Waals surface area contributed by atoms with Crippen molar-refractivity contribution in [2.45, 2.75) is 18.2 Å². The summed E-state index contributed by atoms with van der Waals surface area (Å²) >= 11 is 4.73. The number of benzene rings is 1. The van der Waals surface area contributed by atoms with Crippen molar-refractivity contribution < 1.29 is 17.9 Å². The summed E-state index contributed by atoms with van der Waals surface area (Å²) in [5.74, 6) is -0.767. The largest absolute Gasteiger partial charge is 0.396 e. The maximum absolute atomic E-state index is 13.8. The molecule has 0 atom stereocenters. The molecule has 1 rings (SSSR count). The van der Waals surface area contributed by atoms with Crippen molar-refractivity contribution in [3.8, 4) is 0 Å². The highest BCUT2D eigenvalue weighted by atomic mass is 32.2. The second-order valence-corrected chi connectivity index (χ2v) is 6.40. The molecule has 0 bridgehead atoms. The summed E-state index contributed by atoms with van der Waals surface area (Å²) in [6.45, 7) is 1.88. The molecule has 3 N–H and O–H groups in total. The van der Waals surface area contributed by atoms with E-state index in [4.69, 9.17) is 23.1 Å². The van der Waals surface area contributed by atoms with E-state index in [1.807, 2.05) is 0 Å². The zero-order valence-electron chi connectivity index (χ0n) is 11.0. The van der Waals surface area contributed by atoms with Gasteiger partial charge in [-0.15, -0.1) is 0 Å². The van der Waals surface area contributed by atoms with E-state index >= 15 is 0 Å². The van der Waals surface area contributed by atoms with Crippen LogP contribution in [0.25, 0.3) is 0 Å². The Morgan fingerprint density at radius 3 is 2.65 bits per heavy atom. The van der Waals surface area contributed by atoms with E-state index in [0.29, 0.717) is 6.42 Å². The van der Waals surface area contributed by atoms with Gasteiger partial charge in [-0.25, -0.2) is 12.8 Å². The van der Waals surface area contributed by atoms with Gasteiger partial charge in [-0.1, -0.05) is 25.2 Å². The molecule has 0 radical (unpaired) electrons. The lowest BCUT2D eigenvalue weighted by molar-refractivity contribution is 0.271. The second-order valence-electron chi connectivity index (χ2n) is 4.05. The number of rotatable bonds is 7. The van der Waals surface area contributed by atoms with Crippen LogP contribution in [0.5, 0.6) is 0 Å². The quantitative estimate of drug-likeness (QED) is 0.728. The number of aliphatic hydroxyl groups excluding tert-OH is 1. The number of sulfonamides is 1. The average molecular weight is 320 g/mol. The zero-order chi connectivity index (χ0) is 15.3. The smallest absolute Gasteiger partial charge is 0.243 e. The number of hydrogen-bond acceptors (Lipinski definition) is 4. The Morgan fingerprint density at radius 2 is 2.15 bits per heavy atom. The summed E-state index contributed by atoms with van der Waals surface area (Å²) in [5, 5.41) is 8.81. The molecule has 0 saturated heterocycles. The molecule has 20 heavy (non-hydrogen) atoms. The van der Waals surface area contributed by atoms with Crippen molar-refractivity contribution >= 4 is 27.2 Å². The first-order valence-electron chi connectivity index (χ1n) is 6.05. The lowest BCUT2D eigenvalue weighted by atomic mass is 10.2. The Morgan fingerprint density at radius 1 is 1.50 bits per heavy atom.